The van der Waals surface area contributed by atoms with Gasteiger partial charge in [-0.05, 0) is 24.3 Å². The number of nitrogens with one attached hydrogen (secondary N) is 2. The number of hydrogen-bond donors (Lipinski definition) is 2. The lowest BCUT2D eigenvalue weighted by Crippen LogP contribution is -2.26. The average molecular weight is 399 g/mol. The monoisotopic (exact) mass is 398 g/mol. The molecular formula is C21H23ClN4O2. The third kappa shape index (κ3) is 4.52. The van der Waals surface area contributed by atoms with Gasteiger partial charge in [-0.2, -0.15) is 5.10 Å². The van der Waals surface area contributed by atoms with Crippen LogP contribution in [0, 0.1) is 0 Å². The first-order valence-electron chi connectivity index (χ1n) is 9.15. The maximum atomic E-state index is 12.7. The molecule has 1 amide bonds. The number of fused-ring (bicyclic) bond motifs is 1. The van der Waals surface area contributed by atoms with E-state index in [1.54, 1.807) is 0 Å². The molecule has 2 heterocycles. The van der Waals surface area contributed by atoms with Crippen LogP contribution in [0.3, 0.4) is 0 Å². The van der Waals surface area contributed by atoms with Crippen LogP contribution >= 0.6 is 12.4 Å². The van der Waals surface area contributed by atoms with Gasteiger partial charge in [0.05, 0.1) is 6.54 Å². The molecule has 0 atom stereocenters. The van der Waals surface area contributed by atoms with E-state index in [-0.39, 0.29) is 18.3 Å². The zero-order valence-corrected chi connectivity index (χ0v) is 16.2. The Morgan fingerprint density at radius 3 is 2.57 bits per heavy atom. The summed E-state index contributed by atoms with van der Waals surface area (Å²) in [4.78, 5) is 12.7. The molecule has 146 valence electrons. The fraction of sp³-hybridized carbons (Fsp3) is 0.238. The summed E-state index contributed by atoms with van der Waals surface area (Å²) < 4.78 is 7.71. The highest BCUT2D eigenvalue weighted by atomic mass is 35.5. The van der Waals surface area contributed by atoms with Crippen LogP contribution in [0.1, 0.15) is 21.7 Å². The Balaban J connectivity index is 0.00000225. The third-order valence-corrected chi connectivity index (χ3v) is 4.57. The molecule has 6 nitrogen and oxygen atoms in total. The first-order chi connectivity index (χ1) is 13.3. The summed E-state index contributed by atoms with van der Waals surface area (Å²) in [6, 6.07) is 19.2. The van der Waals surface area contributed by atoms with Crippen molar-refractivity contribution in [2.45, 2.75) is 19.5 Å². The van der Waals surface area contributed by atoms with E-state index in [9.17, 15) is 4.79 Å². The number of nitrogens with zero attached hydrogens (tertiary/aromatic N) is 2. The summed E-state index contributed by atoms with van der Waals surface area (Å²) in [5.41, 5.74) is 3.35. The minimum absolute atomic E-state index is 0. The Morgan fingerprint density at radius 1 is 1.11 bits per heavy atom. The Bertz CT molecular complexity index is 913. The van der Waals surface area contributed by atoms with Crippen molar-refractivity contribution in [2.24, 2.45) is 0 Å². The highest BCUT2D eigenvalue weighted by Crippen LogP contribution is 2.20. The normalized spacial score (nSPS) is 12.6. The molecule has 0 fully saturated rings. The van der Waals surface area contributed by atoms with Gasteiger partial charge in [0, 0.05) is 36.5 Å². The predicted octanol–water partition coefficient (Wildman–Crippen LogP) is 3.28. The average Bonchev–Trinajstić information content (AvgIpc) is 3.09. The van der Waals surface area contributed by atoms with Crippen molar-refractivity contribution in [1.29, 1.82) is 0 Å². The van der Waals surface area contributed by atoms with Gasteiger partial charge in [-0.1, -0.05) is 36.4 Å². The number of ether oxygens (including phenoxy) is 1. The Kier molecular flexibility index (Phi) is 6.68. The van der Waals surface area contributed by atoms with Gasteiger partial charge >= 0.3 is 0 Å². The number of halogens is 1. The number of carbonyl (C=O) groups excluding carboxylic acids is 1. The van der Waals surface area contributed by atoms with Gasteiger partial charge in [-0.3, -0.25) is 9.48 Å². The quantitative estimate of drug-likeness (QED) is 0.668. The molecule has 2 aromatic carbocycles. The molecule has 4 rings (SSSR count). The van der Waals surface area contributed by atoms with Gasteiger partial charge in [0.15, 0.2) is 5.69 Å². The highest BCUT2D eigenvalue weighted by Gasteiger charge is 2.24. The van der Waals surface area contributed by atoms with E-state index in [1.807, 2.05) is 65.3 Å². The molecule has 0 spiro atoms. The molecule has 2 N–H and O–H groups in total. The molecule has 0 aliphatic carbocycles. The van der Waals surface area contributed by atoms with E-state index in [0.717, 1.165) is 35.7 Å². The lowest BCUT2D eigenvalue weighted by Gasteiger charge is -2.15. The molecule has 1 aromatic heterocycles. The zero-order valence-electron chi connectivity index (χ0n) is 15.4. The SMILES string of the molecule is Cl.O=C(Nc1ccccc1)c1nn(CCOc2ccccc2)c2c1CNCC2. The van der Waals surface area contributed by atoms with E-state index >= 15 is 0 Å². The molecule has 0 bridgehead atoms. The summed E-state index contributed by atoms with van der Waals surface area (Å²) in [5.74, 6) is 0.658. The molecule has 7 heteroatoms. The van der Waals surface area contributed by atoms with Gasteiger partial charge in [0.2, 0.25) is 0 Å². The summed E-state index contributed by atoms with van der Waals surface area (Å²) in [6.07, 6.45) is 0.853. The van der Waals surface area contributed by atoms with Crippen molar-refractivity contribution < 1.29 is 9.53 Å². The van der Waals surface area contributed by atoms with Crippen LogP contribution in [-0.4, -0.2) is 28.8 Å². The molecule has 0 unspecified atom stereocenters. The number of para-hydroxylation sites is 2. The second-order valence-electron chi connectivity index (χ2n) is 6.41. The van der Waals surface area contributed by atoms with Crippen molar-refractivity contribution in [3.8, 4) is 5.75 Å². The third-order valence-electron chi connectivity index (χ3n) is 4.57. The highest BCUT2D eigenvalue weighted by molar-refractivity contribution is 6.04. The Morgan fingerprint density at radius 2 is 1.82 bits per heavy atom. The molecule has 3 aromatic rings. The van der Waals surface area contributed by atoms with E-state index in [4.69, 9.17) is 4.74 Å². The van der Waals surface area contributed by atoms with Crippen LogP contribution < -0.4 is 15.4 Å². The second kappa shape index (κ2) is 9.39. The van der Waals surface area contributed by atoms with Crippen molar-refractivity contribution in [1.82, 2.24) is 15.1 Å². The van der Waals surface area contributed by atoms with Gasteiger partial charge in [0.1, 0.15) is 12.4 Å². The summed E-state index contributed by atoms with van der Waals surface area (Å²) >= 11 is 0. The van der Waals surface area contributed by atoms with Crippen LogP contribution in [0.2, 0.25) is 0 Å². The number of anilines is 1. The standard InChI is InChI=1S/C21H22N4O2.ClH/c26-21(23-16-7-3-1-4-8-16)20-18-15-22-12-11-19(18)25(24-20)13-14-27-17-9-5-2-6-10-17;/h1-10,22H,11-15H2,(H,23,26);1H. The minimum Gasteiger partial charge on any atom is -0.492 e. The van der Waals surface area contributed by atoms with Crippen LogP contribution in [-0.2, 0) is 19.5 Å². The number of benzene rings is 2. The number of carbonyl (C=O) groups is 1. The minimum atomic E-state index is -0.177. The van der Waals surface area contributed by atoms with Crippen molar-refractivity contribution in [2.75, 3.05) is 18.5 Å². The van der Waals surface area contributed by atoms with Gasteiger partial charge < -0.3 is 15.4 Å². The molecule has 0 saturated carbocycles. The first-order valence-corrected chi connectivity index (χ1v) is 9.15. The van der Waals surface area contributed by atoms with Crippen LogP contribution in [0.25, 0.3) is 0 Å². The summed E-state index contributed by atoms with van der Waals surface area (Å²) in [7, 11) is 0. The lowest BCUT2D eigenvalue weighted by atomic mass is 10.1. The van der Waals surface area contributed by atoms with E-state index in [0.29, 0.717) is 25.4 Å². The maximum Gasteiger partial charge on any atom is 0.276 e. The largest absolute Gasteiger partial charge is 0.492 e. The zero-order chi connectivity index (χ0) is 18.5. The summed E-state index contributed by atoms with van der Waals surface area (Å²) in [6.45, 7) is 2.66. The fourth-order valence-electron chi connectivity index (χ4n) is 3.27. The van der Waals surface area contributed by atoms with E-state index in [1.165, 1.54) is 0 Å². The molecule has 28 heavy (non-hydrogen) atoms. The molecular weight excluding hydrogens is 376 g/mol. The van der Waals surface area contributed by atoms with E-state index in [2.05, 4.69) is 15.7 Å². The predicted molar refractivity (Wildman–Crippen MR) is 111 cm³/mol. The van der Waals surface area contributed by atoms with Crippen LogP contribution in [0.15, 0.2) is 60.7 Å². The number of hydrogen-bond acceptors (Lipinski definition) is 4. The molecule has 0 radical (unpaired) electrons. The number of rotatable bonds is 6. The molecule has 1 aliphatic heterocycles. The smallest absolute Gasteiger partial charge is 0.276 e. The number of aromatic nitrogens is 2. The van der Waals surface area contributed by atoms with Gasteiger partial charge in [-0.25, -0.2) is 0 Å². The fourth-order valence-corrected chi connectivity index (χ4v) is 3.27. The Hall–Kier alpha value is -2.83. The van der Waals surface area contributed by atoms with Gasteiger partial charge in [-0.15, -0.1) is 12.4 Å². The number of amides is 1. The summed E-state index contributed by atoms with van der Waals surface area (Å²) in [5, 5.41) is 10.9. The molecule has 1 aliphatic rings. The van der Waals surface area contributed by atoms with Crippen LogP contribution in [0.4, 0.5) is 5.69 Å². The van der Waals surface area contributed by atoms with Crippen molar-refractivity contribution >= 4 is 24.0 Å². The molecule has 0 saturated heterocycles. The Labute approximate surface area is 170 Å². The van der Waals surface area contributed by atoms with E-state index < -0.39 is 0 Å². The van der Waals surface area contributed by atoms with Crippen molar-refractivity contribution in [3.63, 3.8) is 0 Å². The van der Waals surface area contributed by atoms with Gasteiger partial charge in [0.25, 0.3) is 5.91 Å². The topological polar surface area (TPSA) is 68.2 Å². The lowest BCUT2D eigenvalue weighted by molar-refractivity contribution is 0.102. The first kappa shape index (κ1) is 19.9. The maximum absolute atomic E-state index is 12.7. The van der Waals surface area contributed by atoms with Crippen molar-refractivity contribution in [3.05, 3.63) is 77.6 Å². The second-order valence-corrected chi connectivity index (χ2v) is 6.41. The van der Waals surface area contributed by atoms with Crippen LogP contribution in [0.5, 0.6) is 5.75 Å².